The topological polar surface area (TPSA) is 77.5 Å². The number of aliphatic hydroxyl groups is 1. The molecule has 2 fully saturated rings. The number of amides is 1. The van der Waals surface area contributed by atoms with Gasteiger partial charge in [0, 0.05) is 6.54 Å². The third-order valence-electron chi connectivity index (χ3n) is 4.90. The van der Waals surface area contributed by atoms with Crippen molar-refractivity contribution in [3.05, 3.63) is 23.8 Å². The van der Waals surface area contributed by atoms with Crippen LogP contribution in [0.4, 0.5) is 13.2 Å². The van der Waals surface area contributed by atoms with Gasteiger partial charge in [0.2, 0.25) is 0 Å². The van der Waals surface area contributed by atoms with Crippen LogP contribution in [0, 0.1) is 0 Å². The van der Waals surface area contributed by atoms with Crippen LogP contribution in [-0.4, -0.2) is 66.6 Å². The Morgan fingerprint density at radius 1 is 1.18 bits per heavy atom. The van der Waals surface area contributed by atoms with Crippen molar-refractivity contribution in [2.75, 3.05) is 20.8 Å². The van der Waals surface area contributed by atoms with E-state index in [-0.39, 0.29) is 13.0 Å². The predicted octanol–water partition coefficient (Wildman–Crippen LogP) is 1.86. The number of benzene rings is 1. The van der Waals surface area contributed by atoms with Crippen LogP contribution in [0.2, 0.25) is 0 Å². The molecular formula is C18H22F3NO6. The molecule has 1 aromatic rings. The number of alkyl halides is 3. The van der Waals surface area contributed by atoms with E-state index < -0.39 is 35.8 Å². The molecule has 0 aromatic heterocycles. The molecule has 0 saturated carbocycles. The summed E-state index contributed by atoms with van der Waals surface area (Å²) in [5.74, 6) is -1.49. The Morgan fingerprint density at radius 2 is 1.82 bits per heavy atom. The summed E-state index contributed by atoms with van der Waals surface area (Å²) in [6.45, 7) is 2.40. The first-order chi connectivity index (χ1) is 12.9. The maximum absolute atomic E-state index is 13.8. The fraction of sp³-hybridized carbons (Fsp3) is 0.611. The van der Waals surface area contributed by atoms with Crippen molar-refractivity contribution < 1.29 is 42.0 Å². The second kappa shape index (κ2) is 6.78. The molecule has 0 unspecified atom stereocenters. The number of rotatable bonds is 5. The van der Waals surface area contributed by atoms with E-state index in [9.17, 15) is 23.1 Å². The second-order valence-electron chi connectivity index (χ2n) is 7.13. The van der Waals surface area contributed by atoms with Gasteiger partial charge in [-0.2, -0.15) is 13.2 Å². The van der Waals surface area contributed by atoms with Gasteiger partial charge >= 0.3 is 6.18 Å². The van der Waals surface area contributed by atoms with Crippen molar-refractivity contribution >= 4 is 5.91 Å². The number of hydrogen-bond donors (Lipinski definition) is 1. The highest BCUT2D eigenvalue weighted by atomic mass is 19.4. The summed E-state index contributed by atoms with van der Waals surface area (Å²) in [4.78, 5) is 13.0. The molecule has 2 heterocycles. The van der Waals surface area contributed by atoms with Crippen molar-refractivity contribution in [3.8, 4) is 11.5 Å². The zero-order valence-corrected chi connectivity index (χ0v) is 15.9. The summed E-state index contributed by atoms with van der Waals surface area (Å²) < 4.78 is 62.2. The molecule has 2 aliphatic heterocycles. The zero-order chi connectivity index (χ0) is 20.9. The molecule has 3 rings (SSSR count). The van der Waals surface area contributed by atoms with Gasteiger partial charge in [-0.05, 0) is 38.0 Å². The van der Waals surface area contributed by atoms with Crippen LogP contribution in [0.3, 0.4) is 0 Å². The van der Waals surface area contributed by atoms with Crippen molar-refractivity contribution in [1.82, 2.24) is 4.90 Å². The number of nitrogens with zero attached hydrogens (tertiary/aromatic N) is 1. The summed E-state index contributed by atoms with van der Waals surface area (Å²) in [5.41, 5.74) is -2.87. The molecule has 2 saturated heterocycles. The quantitative estimate of drug-likeness (QED) is 0.806. The van der Waals surface area contributed by atoms with Crippen LogP contribution in [0.1, 0.15) is 19.4 Å². The molecule has 1 amide bonds. The summed E-state index contributed by atoms with van der Waals surface area (Å²) in [6.07, 6.45) is -8.45. The summed E-state index contributed by atoms with van der Waals surface area (Å²) in [7, 11) is 2.90. The number of hydrogen-bond acceptors (Lipinski definition) is 6. The maximum Gasteiger partial charge on any atom is 0.439 e. The second-order valence-corrected chi connectivity index (χ2v) is 7.13. The molecule has 2 aliphatic rings. The van der Waals surface area contributed by atoms with Crippen LogP contribution in [0.15, 0.2) is 18.2 Å². The lowest BCUT2D eigenvalue weighted by Crippen LogP contribution is -2.63. The first-order valence-corrected chi connectivity index (χ1v) is 8.61. The number of methoxy groups -OCH3 is 2. The highest BCUT2D eigenvalue weighted by Gasteiger charge is 2.75. The van der Waals surface area contributed by atoms with E-state index in [0.29, 0.717) is 22.0 Å². The number of halogens is 3. The Kier molecular flexibility index (Phi) is 5.01. The standard InChI is InChI=1S/C18H22F3NO6/c1-16(2)27-13-14(28-16)17(24,18(19,20)21)22(15(13)23)8-7-10-5-6-11(25-3)12(9-10)26-4/h5-6,9,13-14,24H,7-8H2,1-4H3/t13-,14+,17-/m1/s1. The van der Waals surface area contributed by atoms with E-state index in [1.54, 1.807) is 18.2 Å². The molecule has 0 bridgehead atoms. The number of fused-ring (bicyclic) bond motifs is 1. The van der Waals surface area contributed by atoms with E-state index in [1.807, 2.05) is 0 Å². The Labute approximate surface area is 159 Å². The van der Waals surface area contributed by atoms with Crippen LogP contribution in [0.5, 0.6) is 11.5 Å². The number of likely N-dealkylation sites (tertiary alicyclic amines) is 1. The third kappa shape index (κ3) is 3.19. The molecular weight excluding hydrogens is 383 g/mol. The van der Waals surface area contributed by atoms with E-state index in [0.717, 1.165) is 0 Å². The van der Waals surface area contributed by atoms with Gasteiger partial charge in [-0.15, -0.1) is 0 Å². The molecule has 3 atom stereocenters. The van der Waals surface area contributed by atoms with Gasteiger partial charge in [0.05, 0.1) is 14.2 Å². The molecule has 1 aromatic carbocycles. The minimum atomic E-state index is -5.12. The predicted molar refractivity (Wildman–Crippen MR) is 89.8 cm³/mol. The zero-order valence-electron chi connectivity index (χ0n) is 15.9. The number of carbonyl (C=O) groups is 1. The Balaban J connectivity index is 1.86. The molecule has 28 heavy (non-hydrogen) atoms. The Bertz CT molecular complexity index is 768. The molecule has 156 valence electrons. The number of carbonyl (C=O) groups excluding carboxylic acids is 1. The van der Waals surface area contributed by atoms with E-state index >= 15 is 0 Å². The Morgan fingerprint density at radius 3 is 2.39 bits per heavy atom. The van der Waals surface area contributed by atoms with Gasteiger partial charge in [0.15, 0.2) is 29.5 Å². The average Bonchev–Trinajstić information content (AvgIpc) is 3.04. The van der Waals surface area contributed by atoms with Gasteiger partial charge in [-0.1, -0.05) is 6.07 Å². The third-order valence-corrected chi connectivity index (χ3v) is 4.90. The van der Waals surface area contributed by atoms with Crippen molar-refractivity contribution in [3.63, 3.8) is 0 Å². The molecule has 0 radical (unpaired) electrons. The van der Waals surface area contributed by atoms with Crippen LogP contribution >= 0.6 is 0 Å². The minimum Gasteiger partial charge on any atom is -0.493 e. The van der Waals surface area contributed by atoms with Crippen LogP contribution < -0.4 is 9.47 Å². The largest absolute Gasteiger partial charge is 0.493 e. The van der Waals surface area contributed by atoms with Crippen molar-refractivity contribution in [2.45, 2.75) is 50.2 Å². The lowest BCUT2D eigenvalue weighted by atomic mass is 10.1. The van der Waals surface area contributed by atoms with Gasteiger partial charge in [0.25, 0.3) is 11.6 Å². The lowest BCUT2D eigenvalue weighted by Gasteiger charge is -2.38. The fourth-order valence-corrected chi connectivity index (χ4v) is 3.58. The van der Waals surface area contributed by atoms with E-state index in [2.05, 4.69) is 0 Å². The van der Waals surface area contributed by atoms with E-state index in [1.165, 1.54) is 28.1 Å². The molecule has 1 N–H and O–H groups in total. The fourth-order valence-electron chi connectivity index (χ4n) is 3.58. The smallest absolute Gasteiger partial charge is 0.439 e. The van der Waals surface area contributed by atoms with Crippen LogP contribution in [-0.2, 0) is 20.7 Å². The molecule has 10 heteroatoms. The van der Waals surface area contributed by atoms with Gasteiger partial charge in [-0.3, -0.25) is 4.79 Å². The van der Waals surface area contributed by atoms with Crippen molar-refractivity contribution in [1.29, 1.82) is 0 Å². The monoisotopic (exact) mass is 405 g/mol. The first-order valence-electron chi connectivity index (χ1n) is 8.61. The van der Waals surface area contributed by atoms with Crippen molar-refractivity contribution in [2.24, 2.45) is 0 Å². The summed E-state index contributed by atoms with van der Waals surface area (Å²) in [5, 5.41) is 10.6. The molecule has 7 nitrogen and oxygen atoms in total. The van der Waals surface area contributed by atoms with Gasteiger partial charge < -0.3 is 29.0 Å². The number of ether oxygens (including phenoxy) is 4. The summed E-state index contributed by atoms with van der Waals surface area (Å²) in [6, 6.07) is 4.86. The maximum atomic E-state index is 13.8. The van der Waals surface area contributed by atoms with E-state index in [4.69, 9.17) is 18.9 Å². The van der Waals surface area contributed by atoms with Gasteiger partial charge in [0.1, 0.15) is 0 Å². The SMILES string of the molecule is COc1ccc(CCN2C(=O)[C@@H]3OC(C)(C)O[C@@H]3[C@@]2(O)C(F)(F)F)cc1OC. The summed E-state index contributed by atoms with van der Waals surface area (Å²) >= 11 is 0. The first kappa shape index (κ1) is 20.7. The average molecular weight is 405 g/mol. The van der Waals surface area contributed by atoms with Crippen LogP contribution in [0.25, 0.3) is 0 Å². The Hall–Kier alpha value is -2.04. The molecule has 0 aliphatic carbocycles. The normalized spacial score (nSPS) is 29.1. The highest BCUT2D eigenvalue weighted by Crippen LogP contribution is 2.49. The van der Waals surface area contributed by atoms with Gasteiger partial charge in [-0.25, -0.2) is 0 Å². The lowest BCUT2D eigenvalue weighted by molar-refractivity contribution is -0.335. The highest BCUT2D eigenvalue weighted by molar-refractivity contribution is 5.86. The minimum absolute atomic E-state index is 0.0489. The molecule has 0 spiro atoms.